The first-order valence-electron chi connectivity index (χ1n) is 8.49. The van der Waals surface area contributed by atoms with E-state index < -0.39 is 23.7 Å². The maximum atomic E-state index is 11.8. The molecule has 0 radical (unpaired) electrons. The van der Waals surface area contributed by atoms with E-state index in [9.17, 15) is 15.0 Å². The monoisotopic (exact) mass is 410 g/mol. The van der Waals surface area contributed by atoms with Crippen LogP contribution in [0.15, 0.2) is 42.5 Å². The van der Waals surface area contributed by atoms with Gasteiger partial charge in [-0.1, -0.05) is 41.4 Å². The van der Waals surface area contributed by atoms with Crippen LogP contribution >= 0.6 is 23.2 Å². The number of nitrogen functional groups attached to an aromatic ring is 1. The highest BCUT2D eigenvalue weighted by atomic mass is 35.5. The number of halogens is 2. The van der Waals surface area contributed by atoms with E-state index >= 15 is 0 Å². The highest BCUT2D eigenvalue weighted by molar-refractivity contribution is 6.42. The Morgan fingerprint density at radius 1 is 1.11 bits per heavy atom. The summed E-state index contributed by atoms with van der Waals surface area (Å²) in [5.41, 5.74) is 7.01. The molecular weight excluding hydrogens is 387 g/mol. The van der Waals surface area contributed by atoms with Gasteiger partial charge in [0.05, 0.1) is 16.1 Å². The van der Waals surface area contributed by atoms with E-state index in [1.807, 2.05) is 0 Å². The molecule has 0 aromatic heterocycles. The zero-order valence-corrected chi connectivity index (χ0v) is 17.0. The minimum absolute atomic E-state index is 0.0762. The van der Waals surface area contributed by atoms with Crippen LogP contribution in [0.3, 0.4) is 0 Å². The van der Waals surface area contributed by atoms with Crippen molar-refractivity contribution in [1.29, 1.82) is 0 Å². The largest absolute Gasteiger partial charge is 0.465 e. The number of aliphatic hydroxyl groups excluding tert-OH is 1. The minimum Gasteiger partial charge on any atom is -0.465 e. The SMILES string of the molecule is CC(C)(C)N(CC(c1ccc(Cl)c(Cl)c1)C(O)c1cccc(N)c1)C(=O)O. The van der Waals surface area contributed by atoms with Gasteiger partial charge >= 0.3 is 6.09 Å². The molecule has 0 saturated heterocycles. The molecule has 2 unspecified atom stereocenters. The van der Waals surface area contributed by atoms with E-state index in [0.29, 0.717) is 26.9 Å². The molecule has 0 aliphatic heterocycles. The smallest absolute Gasteiger partial charge is 0.407 e. The number of carbonyl (C=O) groups is 1. The van der Waals surface area contributed by atoms with Crippen molar-refractivity contribution < 1.29 is 15.0 Å². The first-order chi connectivity index (χ1) is 12.5. The van der Waals surface area contributed by atoms with Crippen LogP contribution in [-0.4, -0.2) is 33.3 Å². The Labute approximate surface area is 169 Å². The van der Waals surface area contributed by atoms with Crippen LogP contribution in [0.5, 0.6) is 0 Å². The molecule has 5 nitrogen and oxygen atoms in total. The van der Waals surface area contributed by atoms with Crippen molar-refractivity contribution in [1.82, 2.24) is 4.90 Å². The number of benzene rings is 2. The number of aliphatic hydroxyl groups is 1. The van der Waals surface area contributed by atoms with Crippen LogP contribution in [0.25, 0.3) is 0 Å². The molecule has 1 amide bonds. The van der Waals surface area contributed by atoms with Gasteiger partial charge in [-0.3, -0.25) is 0 Å². The molecule has 0 bridgehead atoms. The lowest BCUT2D eigenvalue weighted by Gasteiger charge is -2.37. The summed E-state index contributed by atoms with van der Waals surface area (Å²) >= 11 is 12.2. The molecule has 7 heteroatoms. The van der Waals surface area contributed by atoms with Crippen molar-refractivity contribution in [2.24, 2.45) is 0 Å². The fourth-order valence-electron chi connectivity index (χ4n) is 2.94. The van der Waals surface area contributed by atoms with E-state index in [1.165, 1.54) is 4.90 Å². The predicted molar refractivity (Wildman–Crippen MR) is 110 cm³/mol. The van der Waals surface area contributed by atoms with Gasteiger partial charge < -0.3 is 20.8 Å². The summed E-state index contributed by atoms with van der Waals surface area (Å²) in [7, 11) is 0. The Kier molecular flexibility index (Phi) is 6.63. The van der Waals surface area contributed by atoms with Gasteiger partial charge in [-0.15, -0.1) is 0 Å². The Hall–Kier alpha value is -1.95. The van der Waals surface area contributed by atoms with Gasteiger partial charge in [0.1, 0.15) is 0 Å². The third kappa shape index (κ3) is 5.28. The summed E-state index contributed by atoms with van der Waals surface area (Å²) in [6.07, 6.45) is -2.04. The van der Waals surface area contributed by atoms with E-state index in [2.05, 4.69) is 0 Å². The molecule has 0 aliphatic carbocycles. The van der Waals surface area contributed by atoms with Gasteiger partial charge in [-0.2, -0.15) is 0 Å². The van der Waals surface area contributed by atoms with Crippen molar-refractivity contribution in [3.63, 3.8) is 0 Å². The average Bonchev–Trinajstić information content (AvgIpc) is 2.56. The van der Waals surface area contributed by atoms with Gasteiger partial charge in [-0.25, -0.2) is 4.79 Å². The number of carboxylic acid groups (broad SMARTS) is 1. The van der Waals surface area contributed by atoms with Crippen LogP contribution in [0.4, 0.5) is 10.5 Å². The Morgan fingerprint density at radius 3 is 2.30 bits per heavy atom. The minimum atomic E-state index is -1.06. The number of hydrogen-bond donors (Lipinski definition) is 3. The maximum Gasteiger partial charge on any atom is 0.407 e. The first-order valence-corrected chi connectivity index (χ1v) is 9.25. The summed E-state index contributed by atoms with van der Waals surface area (Å²) in [4.78, 5) is 13.1. The molecule has 4 N–H and O–H groups in total. The van der Waals surface area contributed by atoms with E-state index in [1.54, 1.807) is 63.2 Å². The lowest BCUT2D eigenvalue weighted by atomic mass is 9.87. The highest BCUT2D eigenvalue weighted by Gasteiger charge is 2.33. The topological polar surface area (TPSA) is 86.8 Å². The molecule has 0 fully saturated rings. The van der Waals surface area contributed by atoms with Crippen molar-refractivity contribution in [2.45, 2.75) is 38.3 Å². The van der Waals surface area contributed by atoms with E-state index in [4.69, 9.17) is 28.9 Å². The second-order valence-corrected chi connectivity index (χ2v) is 8.27. The fraction of sp³-hybridized carbons (Fsp3) is 0.350. The molecule has 0 heterocycles. The van der Waals surface area contributed by atoms with Gasteiger partial charge in [0.2, 0.25) is 0 Å². The van der Waals surface area contributed by atoms with Crippen LogP contribution in [-0.2, 0) is 0 Å². The molecule has 146 valence electrons. The molecule has 2 aromatic carbocycles. The van der Waals surface area contributed by atoms with Crippen LogP contribution in [0.1, 0.15) is 43.9 Å². The summed E-state index contributed by atoms with van der Waals surface area (Å²) in [6, 6.07) is 12.0. The number of nitrogens with zero attached hydrogens (tertiary/aromatic N) is 1. The number of rotatable bonds is 5. The first kappa shape index (κ1) is 21.4. The second kappa shape index (κ2) is 8.38. The zero-order valence-electron chi connectivity index (χ0n) is 15.5. The Balaban J connectivity index is 2.50. The number of amides is 1. The Morgan fingerprint density at radius 2 is 1.78 bits per heavy atom. The van der Waals surface area contributed by atoms with Crippen molar-refractivity contribution in [2.75, 3.05) is 12.3 Å². The van der Waals surface area contributed by atoms with Crippen LogP contribution in [0.2, 0.25) is 10.0 Å². The lowest BCUT2D eigenvalue weighted by molar-refractivity contribution is 0.0697. The van der Waals surface area contributed by atoms with Gasteiger partial charge in [0.25, 0.3) is 0 Å². The second-order valence-electron chi connectivity index (χ2n) is 7.46. The predicted octanol–water partition coefficient (Wildman–Crippen LogP) is 5.17. The molecular formula is C20H24Cl2N2O3. The van der Waals surface area contributed by atoms with E-state index in [0.717, 1.165) is 0 Å². The zero-order chi connectivity index (χ0) is 20.4. The van der Waals surface area contributed by atoms with Crippen molar-refractivity contribution >= 4 is 35.0 Å². The molecule has 2 aromatic rings. The quantitative estimate of drug-likeness (QED) is 0.593. The van der Waals surface area contributed by atoms with Crippen molar-refractivity contribution in [3.05, 3.63) is 63.6 Å². The van der Waals surface area contributed by atoms with Crippen molar-refractivity contribution in [3.8, 4) is 0 Å². The summed E-state index contributed by atoms with van der Waals surface area (Å²) in [6.45, 7) is 5.49. The number of anilines is 1. The summed E-state index contributed by atoms with van der Waals surface area (Å²) in [5, 5.41) is 21.5. The molecule has 0 saturated carbocycles. The maximum absolute atomic E-state index is 11.8. The van der Waals surface area contributed by atoms with Gasteiger partial charge in [0.15, 0.2) is 0 Å². The van der Waals surface area contributed by atoms with Gasteiger partial charge in [-0.05, 0) is 56.2 Å². The van der Waals surface area contributed by atoms with E-state index in [-0.39, 0.29) is 6.54 Å². The molecule has 0 aliphatic rings. The molecule has 2 rings (SSSR count). The Bertz CT molecular complexity index is 821. The fourth-order valence-corrected chi connectivity index (χ4v) is 3.25. The van der Waals surface area contributed by atoms with Crippen LogP contribution in [0, 0.1) is 0 Å². The van der Waals surface area contributed by atoms with Gasteiger partial charge in [0, 0.05) is 23.7 Å². The summed E-state index contributed by atoms with van der Waals surface area (Å²) < 4.78 is 0. The highest BCUT2D eigenvalue weighted by Crippen LogP contribution is 2.36. The molecule has 27 heavy (non-hydrogen) atoms. The third-order valence-electron chi connectivity index (χ3n) is 4.43. The third-order valence-corrected chi connectivity index (χ3v) is 5.16. The number of hydrogen-bond acceptors (Lipinski definition) is 3. The summed E-state index contributed by atoms with van der Waals surface area (Å²) in [5.74, 6) is -0.558. The molecule has 2 atom stereocenters. The van der Waals surface area contributed by atoms with Crippen LogP contribution < -0.4 is 5.73 Å². The normalized spacial score (nSPS) is 13.9. The lowest BCUT2D eigenvalue weighted by Crippen LogP contribution is -2.47. The standard InChI is InChI=1S/C20H24Cl2N2O3/c1-20(2,3)24(19(26)27)11-15(12-7-8-16(21)17(22)10-12)18(25)13-5-4-6-14(23)9-13/h4-10,15,18,25H,11,23H2,1-3H3,(H,26,27). The number of nitrogens with two attached hydrogens (primary N) is 1. The average molecular weight is 411 g/mol. The molecule has 0 spiro atoms.